The van der Waals surface area contributed by atoms with Crippen LogP contribution in [0.3, 0.4) is 0 Å². The Bertz CT molecular complexity index is 729. The second-order valence-electron chi connectivity index (χ2n) is 4.36. The van der Waals surface area contributed by atoms with Gasteiger partial charge in [-0.3, -0.25) is 4.79 Å². The van der Waals surface area contributed by atoms with Crippen molar-refractivity contribution < 1.29 is 14.7 Å². The van der Waals surface area contributed by atoms with E-state index in [0.29, 0.717) is 10.7 Å². The van der Waals surface area contributed by atoms with Crippen LogP contribution >= 0.6 is 23.2 Å². The quantitative estimate of drug-likeness (QED) is 0.887. The van der Waals surface area contributed by atoms with Crippen LogP contribution in [0, 0.1) is 6.92 Å². The maximum absolute atomic E-state index is 12.2. The first-order chi connectivity index (χ1) is 9.91. The lowest BCUT2D eigenvalue weighted by Crippen LogP contribution is -2.16. The molecule has 2 rings (SSSR count). The molecule has 2 aromatic carbocycles. The number of benzene rings is 2. The van der Waals surface area contributed by atoms with E-state index in [0.717, 1.165) is 5.56 Å². The molecule has 0 fully saturated rings. The molecule has 21 heavy (non-hydrogen) atoms. The average molecular weight is 324 g/mol. The van der Waals surface area contributed by atoms with E-state index in [4.69, 9.17) is 28.3 Å². The summed E-state index contributed by atoms with van der Waals surface area (Å²) in [4.78, 5) is 23.3. The number of hydrogen-bond donors (Lipinski definition) is 2. The molecule has 0 heterocycles. The van der Waals surface area contributed by atoms with Crippen molar-refractivity contribution >= 4 is 40.8 Å². The Balaban J connectivity index is 2.35. The molecule has 2 N–H and O–H groups in total. The Hall–Kier alpha value is -2.04. The summed E-state index contributed by atoms with van der Waals surface area (Å²) in [5.41, 5.74) is 1.09. The van der Waals surface area contributed by atoms with Gasteiger partial charge in [0.2, 0.25) is 0 Å². The maximum atomic E-state index is 12.2. The highest BCUT2D eigenvalue weighted by molar-refractivity contribution is 6.44. The summed E-state index contributed by atoms with van der Waals surface area (Å²) in [6.07, 6.45) is 0. The van der Waals surface area contributed by atoms with Crippen molar-refractivity contribution in [1.29, 1.82) is 0 Å². The number of carboxylic acids is 1. The number of nitrogens with one attached hydrogen (secondary N) is 1. The molecule has 0 saturated carbocycles. The minimum Gasteiger partial charge on any atom is -0.478 e. The summed E-state index contributed by atoms with van der Waals surface area (Å²) < 4.78 is 0. The number of carboxylic acid groups (broad SMARTS) is 1. The summed E-state index contributed by atoms with van der Waals surface area (Å²) in [5, 5.41) is 12.2. The van der Waals surface area contributed by atoms with Gasteiger partial charge in [-0.15, -0.1) is 0 Å². The van der Waals surface area contributed by atoms with Crippen molar-refractivity contribution in [3.63, 3.8) is 0 Å². The Labute approximate surface area is 131 Å². The third-order valence-electron chi connectivity index (χ3n) is 2.93. The zero-order valence-electron chi connectivity index (χ0n) is 11.0. The van der Waals surface area contributed by atoms with E-state index in [9.17, 15) is 9.59 Å². The van der Waals surface area contributed by atoms with Gasteiger partial charge in [0.05, 0.1) is 26.9 Å². The molecule has 0 atom stereocenters. The molecule has 0 aliphatic heterocycles. The van der Waals surface area contributed by atoms with Crippen LogP contribution in [0.15, 0.2) is 36.4 Å². The maximum Gasteiger partial charge on any atom is 0.336 e. The molecule has 0 aliphatic carbocycles. The van der Waals surface area contributed by atoms with E-state index in [1.807, 2.05) is 0 Å². The Morgan fingerprint density at radius 2 is 1.62 bits per heavy atom. The topological polar surface area (TPSA) is 66.4 Å². The molecule has 0 radical (unpaired) electrons. The summed E-state index contributed by atoms with van der Waals surface area (Å²) in [7, 11) is 0. The van der Waals surface area contributed by atoms with E-state index < -0.39 is 11.9 Å². The third kappa shape index (κ3) is 3.17. The number of rotatable bonds is 3. The Kier molecular flexibility index (Phi) is 4.50. The lowest BCUT2D eigenvalue weighted by Gasteiger charge is -2.11. The minimum atomic E-state index is -1.17. The van der Waals surface area contributed by atoms with E-state index in [-0.39, 0.29) is 16.1 Å². The van der Waals surface area contributed by atoms with Crippen molar-refractivity contribution in [3.8, 4) is 0 Å². The van der Waals surface area contributed by atoms with Gasteiger partial charge in [0.15, 0.2) is 0 Å². The zero-order valence-corrected chi connectivity index (χ0v) is 12.5. The van der Waals surface area contributed by atoms with Crippen molar-refractivity contribution in [2.75, 3.05) is 5.32 Å². The van der Waals surface area contributed by atoms with Crippen LogP contribution in [0.4, 0.5) is 5.69 Å². The predicted octanol–water partition coefficient (Wildman–Crippen LogP) is 4.25. The summed E-state index contributed by atoms with van der Waals surface area (Å²) in [6, 6.07) is 9.27. The van der Waals surface area contributed by atoms with E-state index in [1.54, 1.807) is 31.2 Å². The fourth-order valence-corrected chi connectivity index (χ4v) is 2.22. The van der Waals surface area contributed by atoms with Crippen LogP contribution in [0.2, 0.25) is 10.0 Å². The minimum absolute atomic E-state index is 0.0535. The lowest BCUT2D eigenvalue weighted by atomic mass is 10.1. The van der Waals surface area contributed by atoms with Gasteiger partial charge < -0.3 is 10.4 Å². The first kappa shape index (κ1) is 15.4. The van der Waals surface area contributed by atoms with Gasteiger partial charge in [-0.1, -0.05) is 41.4 Å². The van der Waals surface area contributed by atoms with Gasteiger partial charge in [0.1, 0.15) is 0 Å². The first-order valence-corrected chi connectivity index (χ1v) is 6.75. The number of hydrogen-bond acceptors (Lipinski definition) is 2. The fourth-order valence-electron chi connectivity index (χ4n) is 1.80. The standard InChI is InChI=1S/C15H11Cl2NO3/c1-8-6-7-11(13(17)12(8)16)18-14(19)9-4-2-3-5-10(9)15(20)21/h2-7H,1H3,(H,18,19)(H,20,21). The normalized spacial score (nSPS) is 10.2. The summed E-state index contributed by atoms with van der Waals surface area (Å²) >= 11 is 12.1. The second kappa shape index (κ2) is 6.16. The molecule has 0 spiro atoms. The highest BCUT2D eigenvalue weighted by Gasteiger charge is 2.17. The third-order valence-corrected chi connectivity index (χ3v) is 3.90. The summed E-state index contributed by atoms with van der Waals surface area (Å²) in [5.74, 6) is -1.73. The van der Waals surface area contributed by atoms with Crippen LogP contribution in [-0.2, 0) is 0 Å². The molecule has 4 nitrogen and oxygen atoms in total. The van der Waals surface area contributed by atoms with Crippen LogP contribution in [-0.4, -0.2) is 17.0 Å². The number of amides is 1. The molecule has 0 bridgehead atoms. The highest BCUT2D eigenvalue weighted by atomic mass is 35.5. The van der Waals surface area contributed by atoms with Crippen molar-refractivity contribution in [1.82, 2.24) is 0 Å². The number of aromatic carboxylic acids is 1. The molecule has 0 aliphatic rings. The Morgan fingerprint density at radius 3 is 2.24 bits per heavy atom. The molecule has 0 aromatic heterocycles. The van der Waals surface area contributed by atoms with Gasteiger partial charge in [-0.05, 0) is 30.7 Å². The second-order valence-corrected chi connectivity index (χ2v) is 5.12. The van der Waals surface area contributed by atoms with Crippen molar-refractivity contribution in [3.05, 3.63) is 63.1 Å². The number of aryl methyl sites for hydroxylation is 1. The fraction of sp³-hybridized carbons (Fsp3) is 0.0667. The number of carbonyl (C=O) groups excluding carboxylic acids is 1. The number of halogens is 2. The molecule has 0 unspecified atom stereocenters. The predicted molar refractivity (Wildman–Crippen MR) is 82.6 cm³/mol. The van der Waals surface area contributed by atoms with Gasteiger partial charge in [0.25, 0.3) is 5.91 Å². The number of carbonyl (C=O) groups is 2. The Morgan fingerprint density at radius 1 is 1.00 bits per heavy atom. The average Bonchev–Trinajstić information content (AvgIpc) is 2.47. The highest BCUT2D eigenvalue weighted by Crippen LogP contribution is 2.32. The smallest absolute Gasteiger partial charge is 0.336 e. The van der Waals surface area contributed by atoms with E-state index in [1.165, 1.54) is 12.1 Å². The van der Waals surface area contributed by atoms with Gasteiger partial charge in [0, 0.05) is 0 Å². The monoisotopic (exact) mass is 323 g/mol. The van der Waals surface area contributed by atoms with Gasteiger partial charge in [-0.25, -0.2) is 4.79 Å². The first-order valence-electron chi connectivity index (χ1n) is 6.00. The number of anilines is 1. The van der Waals surface area contributed by atoms with Crippen molar-refractivity contribution in [2.45, 2.75) is 6.92 Å². The lowest BCUT2D eigenvalue weighted by molar-refractivity contribution is 0.0692. The largest absolute Gasteiger partial charge is 0.478 e. The van der Waals surface area contributed by atoms with Gasteiger partial charge in [-0.2, -0.15) is 0 Å². The zero-order chi connectivity index (χ0) is 15.6. The van der Waals surface area contributed by atoms with Crippen LogP contribution < -0.4 is 5.32 Å². The molecule has 6 heteroatoms. The molecule has 1 amide bonds. The molecular formula is C15H11Cl2NO3. The van der Waals surface area contributed by atoms with Crippen molar-refractivity contribution in [2.24, 2.45) is 0 Å². The van der Waals surface area contributed by atoms with E-state index >= 15 is 0 Å². The SMILES string of the molecule is Cc1ccc(NC(=O)c2ccccc2C(=O)O)c(Cl)c1Cl. The van der Waals surface area contributed by atoms with Gasteiger partial charge >= 0.3 is 5.97 Å². The van der Waals surface area contributed by atoms with Crippen LogP contribution in [0.5, 0.6) is 0 Å². The van der Waals surface area contributed by atoms with E-state index in [2.05, 4.69) is 5.32 Å². The molecular weight excluding hydrogens is 313 g/mol. The molecule has 108 valence electrons. The molecule has 0 saturated heterocycles. The van der Waals surface area contributed by atoms with Crippen LogP contribution in [0.1, 0.15) is 26.3 Å². The molecule has 2 aromatic rings. The van der Waals surface area contributed by atoms with Crippen LogP contribution in [0.25, 0.3) is 0 Å². The summed E-state index contributed by atoms with van der Waals surface area (Å²) in [6.45, 7) is 1.79.